The molecule has 0 radical (unpaired) electrons. The molecule has 0 aromatic heterocycles. The molecule has 0 spiro atoms. The third kappa shape index (κ3) is 2.69. The van der Waals surface area contributed by atoms with Crippen molar-refractivity contribution in [2.75, 3.05) is 5.32 Å². The number of benzene rings is 2. The average molecular weight is 395 g/mol. The summed E-state index contributed by atoms with van der Waals surface area (Å²) in [5, 5.41) is 3.03. The monoisotopic (exact) mass is 395 g/mol. The lowest BCUT2D eigenvalue weighted by atomic mass is 9.64. The summed E-state index contributed by atoms with van der Waals surface area (Å²) in [7, 11) is 0. The average Bonchev–Trinajstić information content (AvgIpc) is 2.42. The summed E-state index contributed by atoms with van der Waals surface area (Å²) in [5.41, 5.74) is 1.22. The fourth-order valence-corrected chi connectivity index (χ4v) is 3.27. The van der Waals surface area contributed by atoms with Gasteiger partial charge in [0.1, 0.15) is 5.82 Å². The molecule has 1 amide bonds. The number of halogens is 2. The van der Waals surface area contributed by atoms with E-state index in [1.807, 2.05) is 24.3 Å². The number of amides is 1. The van der Waals surface area contributed by atoms with Crippen molar-refractivity contribution in [2.24, 2.45) is 0 Å². The first-order chi connectivity index (χ1) is 10.1. The second-order valence-electron chi connectivity index (χ2n) is 5.38. The minimum Gasteiger partial charge on any atom is -0.324 e. The van der Waals surface area contributed by atoms with Crippen LogP contribution in [-0.2, 0) is 10.2 Å². The first-order valence-corrected chi connectivity index (χ1v) is 8.02. The van der Waals surface area contributed by atoms with Crippen LogP contribution in [0.25, 0.3) is 0 Å². The summed E-state index contributed by atoms with van der Waals surface area (Å²) in [6, 6.07) is 14.0. The Morgan fingerprint density at radius 1 is 1.10 bits per heavy atom. The number of para-hydroxylation sites is 1. The summed E-state index contributed by atoms with van der Waals surface area (Å²) in [4.78, 5) is 12.7. The Kier molecular flexibility index (Phi) is 3.97. The maximum absolute atomic E-state index is 13.1. The largest absolute Gasteiger partial charge is 0.324 e. The molecule has 2 nitrogen and oxygen atoms in total. The fraction of sp³-hybridized carbons (Fsp3) is 0.235. The molecule has 0 bridgehead atoms. The van der Waals surface area contributed by atoms with Gasteiger partial charge in [-0.25, -0.2) is 4.39 Å². The number of rotatable bonds is 3. The van der Waals surface area contributed by atoms with Crippen molar-refractivity contribution < 1.29 is 9.18 Å². The van der Waals surface area contributed by atoms with Gasteiger partial charge in [0.05, 0.1) is 11.1 Å². The molecule has 2 aromatic rings. The zero-order valence-corrected chi connectivity index (χ0v) is 13.6. The van der Waals surface area contributed by atoms with E-state index >= 15 is 0 Å². The van der Waals surface area contributed by atoms with Crippen LogP contribution >= 0.6 is 22.6 Å². The quantitative estimate of drug-likeness (QED) is 0.763. The molecule has 21 heavy (non-hydrogen) atoms. The van der Waals surface area contributed by atoms with Crippen LogP contribution in [-0.4, -0.2) is 5.91 Å². The summed E-state index contributed by atoms with van der Waals surface area (Å²) in [6.07, 6.45) is 2.65. The third-order valence-electron chi connectivity index (χ3n) is 4.16. The minimum absolute atomic E-state index is 0.00414. The van der Waals surface area contributed by atoms with Gasteiger partial charge in [-0.2, -0.15) is 0 Å². The van der Waals surface area contributed by atoms with E-state index in [1.165, 1.54) is 12.1 Å². The van der Waals surface area contributed by atoms with Crippen LogP contribution in [0.5, 0.6) is 0 Å². The molecule has 108 valence electrons. The molecule has 0 saturated heterocycles. The molecule has 1 aliphatic rings. The number of hydrogen-bond acceptors (Lipinski definition) is 1. The van der Waals surface area contributed by atoms with Gasteiger partial charge in [0.2, 0.25) is 5.91 Å². The molecule has 2 aromatic carbocycles. The molecular formula is C17H15FINO. The smallest absolute Gasteiger partial charge is 0.235 e. The van der Waals surface area contributed by atoms with Crippen LogP contribution in [0.3, 0.4) is 0 Å². The first kappa shape index (κ1) is 14.5. The van der Waals surface area contributed by atoms with Gasteiger partial charge in [-0.05, 0) is 65.3 Å². The fourth-order valence-electron chi connectivity index (χ4n) is 2.75. The summed E-state index contributed by atoms with van der Waals surface area (Å²) < 4.78 is 14.1. The van der Waals surface area contributed by atoms with Gasteiger partial charge in [-0.1, -0.05) is 30.7 Å². The van der Waals surface area contributed by atoms with E-state index in [2.05, 4.69) is 27.9 Å². The van der Waals surface area contributed by atoms with Crippen LogP contribution in [0.15, 0.2) is 48.5 Å². The number of carbonyl (C=O) groups excluding carboxylic acids is 1. The molecule has 0 aliphatic heterocycles. The van der Waals surface area contributed by atoms with Gasteiger partial charge in [-0.15, -0.1) is 0 Å². The van der Waals surface area contributed by atoms with Crippen molar-refractivity contribution in [3.63, 3.8) is 0 Å². The van der Waals surface area contributed by atoms with E-state index in [9.17, 15) is 9.18 Å². The standard InChI is InChI=1S/C17H15FINO/c18-13-8-6-12(7-9-13)17(10-3-11-17)16(21)20-15-5-2-1-4-14(15)19/h1-2,4-9H,3,10-11H2,(H,20,21). The molecule has 3 rings (SSSR count). The predicted octanol–water partition coefficient (Wildman–Crippen LogP) is 4.49. The van der Waals surface area contributed by atoms with Gasteiger partial charge in [0.15, 0.2) is 0 Å². The normalized spacial score (nSPS) is 16.1. The van der Waals surface area contributed by atoms with Gasteiger partial charge in [0.25, 0.3) is 0 Å². The summed E-state index contributed by atoms with van der Waals surface area (Å²) in [5.74, 6) is -0.268. The number of carbonyl (C=O) groups is 1. The van der Waals surface area contributed by atoms with E-state index in [-0.39, 0.29) is 11.7 Å². The lowest BCUT2D eigenvalue weighted by molar-refractivity contribution is -0.124. The Balaban J connectivity index is 1.87. The van der Waals surface area contributed by atoms with Crippen molar-refractivity contribution in [1.29, 1.82) is 0 Å². The number of nitrogens with one attached hydrogen (secondary N) is 1. The maximum atomic E-state index is 13.1. The Morgan fingerprint density at radius 3 is 2.33 bits per heavy atom. The highest BCUT2D eigenvalue weighted by atomic mass is 127. The topological polar surface area (TPSA) is 29.1 Å². The van der Waals surface area contributed by atoms with Gasteiger partial charge >= 0.3 is 0 Å². The number of hydrogen-bond donors (Lipinski definition) is 1. The Bertz CT molecular complexity index is 665. The Labute approximate surface area is 136 Å². The van der Waals surface area contributed by atoms with Crippen LogP contribution in [0, 0.1) is 9.39 Å². The van der Waals surface area contributed by atoms with Crippen LogP contribution in [0.1, 0.15) is 24.8 Å². The SMILES string of the molecule is O=C(Nc1ccccc1I)C1(c2ccc(F)cc2)CCC1. The lowest BCUT2D eigenvalue weighted by Crippen LogP contribution is -2.46. The number of anilines is 1. The van der Waals surface area contributed by atoms with E-state index in [4.69, 9.17) is 0 Å². The molecule has 4 heteroatoms. The molecule has 1 aliphatic carbocycles. The second-order valence-corrected chi connectivity index (χ2v) is 6.54. The highest BCUT2D eigenvalue weighted by Gasteiger charge is 2.45. The zero-order chi connectivity index (χ0) is 14.9. The van der Waals surface area contributed by atoms with Gasteiger partial charge in [0, 0.05) is 3.57 Å². The van der Waals surface area contributed by atoms with Crippen molar-refractivity contribution in [1.82, 2.24) is 0 Å². The molecule has 1 fully saturated rings. The van der Waals surface area contributed by atoms with Crippen LogP contribution in [0.4, 0.5) is 10.1 Å². The Hall–Kier alpha value is -1.43. The van der Waals surface area contributed by atoms with E-state index in [1.54, 1.807) is 12.1 Å². The van der Waals surface area contributed by atoms with Crippen molar-refractivity contribution in [3.8, 4) is 0 Å². The van der Waals surface area contributed by atoms with E-state index in [0.29, 0.717) is 0 Å². The molecular weight excluding hydrogens is 380 g/mol. The van der Waals surface area contributed by atoms with E-state index < -0.39 is 5.41 Å². The highest BCUT2D eigenvalue weighted by molar-refractivity contribution is 14.1. The molecule has 1 saturated carbocycles. The highest BCUT2D eigenvalue weighted by Crippen LogP contribution is 2.44. The predicted molar refractivity (Wildman–Crippen MR) is 89.7 cm³/mol. The van der Waals surface area contributed by atoms with Crippen LogP contribution < -0.4 is 5.32 Å². The minimum atomic E-state index is -0.507. The first-order valence-electron chi connectivity index (χ1n) is 6.94. The lowest BCUT2D eigenvalue weighted by Gasteiger charge is -2.40. The Morgan fingerprint density at radius 2 is 1.76 bits per heavy atom. The summed E-state index contributed by atoms with van der Waals surface area (Å²) in [6.45, 7) is 0. The summed E-state index contributed by atoms with van der Waals surface area (Å²) >= 11 is 2.21. The van der Waals surface area contributed by atoms with Gasteiger partial charge < -0.3 is 5.32 Å². The van der Waals surface area contributed by atoms with E-state index in [0.717, 1.165) is 34.1 Å². The molecule has 0 heterocycles. The van der Waals surface area contributed by atoms with Crippen molar-refractivity contribution in [2.45, 2.75) is 24.7 Å². The molecule has 0 unspecified atom stereocenters. The zero-order valence-electron chi connectivity index (χ0n) is 11.4. The second kappa shape index (κ2) is 5.75. The van der Waals surface area contributed by atoms with Gasteiger partial charge in [-0.3, -0.25) is 4.79 Å². The third-order valence-corrected chi connectivity index (χ3v) is 5.10. The van der Waals surface area contributed by atoms with Crippen LogP contribution in [0.2, 0.25) is 0 Å². The maximum Gasteiger partial charge on any atom is 0.235 e. The van der Waals surface area contributed by atoms with Crippen molar-refractivity contribution in [3.05, 3.63) is 63.5 Å². The van der Waals surface area contributed by atoms with Crippen molar-refractivity contribution >= 4 is 34.2 Å². The molecule has 1 N–H and O–H groups in total. The molecule has 0 atom stereocenters.